The van der Waals surface area contributed by atoms with E-state index in [0.717, 1.165) is 13.1 Å². The molecule has 0 saturated carbocycles. The van der Waals surface area contributed by atoms with E-state index >= 15 is 0 Å². The first-order chi connectivity index (χ1) is 11.3. The van der Waals surface area contributed by atoms with Crippen LogP contribution in [0, 0.1) is 0 Å². The van der Waals surface area contributed by atoms with E-state index in [0.29, 0.717) is 12.1 Å². The third-order valence-corrected chi connectivity index (χ3v) is 4.35. The lowest BCUT2D eigenvalue weighted by molar-refractivity contribution is 0.510. The molecule has 2 atom stereocenters. The smallest absolute Gasteiger partial charge is 0.0291 e. The van der Waals surface area contributed by atoms with Gasteiger partial charge in [-0.3, -0.25) is 0 Å². The highest BCUT2D eigenvalue weighted by atomic mass is 14.9. The maximum absolute atomic E-state index is 3.60. The maximum Gasteiger partial charge on any atom is 0.0291 e. The van der Waals surface area contributed by atoms with Crippen LogP contribution in [0.25, 0.3) is 0 Å². The summed E-state index contributed by atoms with van der Waals surface area (Å²) in [5, 5.41) is 7.21. The van der Waals surface area contributed by atoms with Gasteiger partial charge in [0, 0.05) is 12.1 Å². The van der Waals surface area contributed by atoms with E-state index in [-0.39, 0.29) is 0 Å². The highest BCUT2D eigenvalue weighted by molar-refractivity contribution is 5.18. The average molecular weight is 310 g/mol. The Morgan fingerprint density at radius 1 is 0.609 bits per heavy atom. The van der Waals surface area contributed by atoms with Gasteiger partial charge in [-0.25, -0.2) is 0 Å². The molecular weight excluding hydrogens is 280 g/mol. The number of rotatable bonds is 10. The normalized spacial score (nSPS) is 13.7. The Kier molecular flexibility index (Phi) is 7.85. The number of hydrogen-bond acceptors (Lipinski definition) is 2. The molecule has 0 spiro atoms. The molecule has 0 aliphatic rings. The van der Waals surface area contributed by atoms with Gasteiger partial charge >= 0.3 is 0 Å². The van der Waals surface area contributed by atoms with Crippen molar-refractivity contribution in [2.75, 3.05) is 13.1 Å². The van der Waals surface area contributed by atoms with Crippen molar-refractivity contribution in [1.82, 2.24) is 10.6 Å². The summed E-state index contributed by atoms with van der Waals surface area (Å²) in [4.78, 5) is 0. The zero-order valence-electron chi connectivity index (χ0n) is 14.5. The second-order valence-electron chi connectivity index (χ2n) is 6.23. The fraction of sp³-hybridized carbons (Fsp3) is 0.429. The van der Waals surface area contributed by atoms with Gasteiger partial charge in [0.05, 0.1) is 0 Å². The van der Waals surface area contributed by atoms with Crippen molar-refractivity contribution < 1.29 is 0 Å². The lowest BCUT2D eigenvalue weighted by Crippen LogP contribution is -2.21. The van der Waals surface area contributed by atoms with Crippen molar-refractivity contribution in [3.8, 4) is 0 Å². The van der Waals surface area contributed by atoms with E-state index in [1.165, 1.54) is 30.4 Å². The average Bonchev–Trinajstić information content (AvgIpc) is 2.62. The van der Waals surface area contributed by atoms with Crippen LogP contribution in [0.4, 0.5) is 0 Å². The molecule has 0 aliphatic carbocycles. The van der Waals surface area contributed by atoms with Gasteiger partial charge in [-0.05, 0) is 50.9 Å². The molecule has 2 nitrogen and oxygen atoms in total. The Balaban J connectivity index is 1.51. The van der Waals surface area contributed by atoms with Crippen LogP contribution in [0.3, 0.4) is 0 Å². The number of nitrogens with one attached hydrogen (secondary N) is 2. The summed E-state index contributed by atoms with van der Waals surface area (Å²) in [5.41, 5.74) is 2.73. The second kappa shape index (κ2) is 10.2. The van der Waals surface area contributed by atoms with Gasteiger partial charge in [-0.1, -0.05) is 67.1 Å². The summed E-state index contributed by atoms with van der Waals surface area (Å²) < 4.78 is 0. The van der Waals surface area contributed by atoms with E-state index in [2.05, 4.69) is 85.1 Å². The lowest BCUT2D eigenvalue weighted by Gasteiger charge is -2.15. The highest BCUT2D eigenvalue weighted by Gasteiger charge is 2.04. The molecule has 0 fully saturated rings. The van der Waals surface area contributed by atoms with Crippen LogP contribution in [0.15, 0.2) is 60.7 Å². The zero-order chi connectivity index (χ0) is 16.3. The minimum Gasteiger partial charge on any atom is -0.310 e. The van der Waals surface area contributed by atoms with Crippen molar-refractivity contribution in [2.24, 2.45) is 0 Å². The quantitative estimate of drug-likeness (QED) is 0.612. The standard InChI is InChI=1S/C21H30N2/c1-18(20-12-6-3-7-13-20)22-16-10-5-11-17-23-19(2)21-14-8-4-9-15-21/h3-4,6-9,12-15,18-19,22-23H,5,10-11,16-17H2,1-2H3/t18-,19-/m1/s1. The van der Waals surface area contributed by atoms with E-state index < -0.39 is 0 Å². The monoisotopic (exact) mass is 310 g/mol. The van der Waals surface area contributed by atoms with Crippen LogP contribution >= 0.6 is 0 Å². The molecule has 2 aromatic carbocycles. The largest absolute Gasteiger partial charge is 0.310 e. The van der Waals surface area contributed by atoms with Gasteiger partial charge in [0.1, 0.15) is 0 Å². The minimum absolute atomic E-state index is 0.437. The van der Waals surface area contributed by atoms with Crippen molar-refractivity contribution >= 4 is 0 Å². The first kappa shape index (κ1) is 17.7. The zero-order valence-corrected chi connectivity index (χ0v) is 14.5. The van der Waals surface area contributed by atoms with Crippen LogP contribution in [-0.4, -0.2) is 13.1 Å². The number of unbranched alkanes of at least 4 members (excludes halogenated alkanes) is 2. The van der Waals surface area contributed by atoms with Gasteiger partial charge < -0.3 is 10.6 Å². The Hall–Kier alpha value is -1.64. The molecule has 23 heavy (non-hydrogen) atoms. The fourth-order valence-corrected chi connectivity index (χ4v) is 2.78. The Morgan fingerprint density at radius 3 is 1.39 bits per heavy atom. The van der Waals surface area contributed by atoms with Gasteiger partial charge in [0.25, 0.3) is 0 Å². The third-order valence-electron chi connectivity index (χ3n) is 4.35. The number of benzene rings is 2. The molecule has 2 rings (SSSR count). The van der Waals surface area contributed by atoms with Crippen LogP contribution in [0.5, 0.6) is 0 Å². The SMILES string of the molecule is C[C@@H](NCCCCCN[C@H](C)c1ccccc1)c1ccccc1. The second-order valence-corrected chi connectivity index (χ2v) is 6.23. The molecular formula is C21H30N2. The van der Waals surface area contributed by atoms with Crippen molar-refractivity contribution in [2.45, 2.75) is 45.2 Å². The van der Waals surface area contributed by atoms with Crippen LogP contribution in [-0.2, 0) is 0 Å². The molecule has 0 aromatic heterocycles. The molecule has 0 radical (unpaired) electrons. The van der Waals surface area contributed by atoms with Crippen LogP contribution in [0.1, 0.15) is 56.3 Å². The van der Waals surface area contributed by atoms with Crippen molar-refractivity contribution in [1.29, 1.82) is 0 Å². The van der Waals surface area contributed by atoms with Gasteiger partial charge in [-0.15, -0.1) is 0 Å². The summed E-state index contributed by atoms with van der Waals surface area (Å²) in [7, 11) is 0. The van der Waals surface area contributed by atoms with E-state index in [1.54, 1.807) is 0 Å². The lowest BCUT2D eigenvalue weighted by atomic mass is 10.1. The van der Waals surface area contributed by atoms with Crippen molar-refractivity contribution in [3.63, 3.8) is 0 Å². The highest BCUT2D eigenvalue weighted by Crippen LogP contribution is 2.12. The maximum atomic E-state index is 3.60. The molecule has 0 bridgehead atoms. The molecule has 2 heteroatoms. The molecule has 0 saturated heterocycles. The molecule has 2 N–H and O–H groups in total. The van der Waals surface area contributed by atoms with E-state index in [4.69, 9.17) is 0 Å². The predicted octanol–water partition coefficient (Wildman–Crippen LogP) is 4.86. The molecule has 0 amide bonds. The molecule has 124 valence electrons. The fourth-order valence-electron chi connectivity index (χ4n) is 2.78. The third kappa shape index (κ3) is 6.55. The van der Waals surface area contributed by atoms with Gasteiger partial charge in [-0.2, -0.15) is 0 Å². The molecule has 0 aliphatic heterocycles. The Morgan fingerprint density at radius 2 is 1.00 bits per heavy atom. The number of hydrogen-bond donors (Lipinski definition) is 2. The van der Waals surface area contributed by atoms with Gasteiger partial charge in [0.15, 0.2) is 0 Å². The Bertz CT molecular complexity index is 475. The predicted molar refractivity (Wildman–Crippen MR) is 99.6 cm³/mol. The van der Waals surface area contributed by atoms with E-state index in [1.807, 2.05) is 0 Å². The first-order valence-electron chi connectivity index (χ1n) is 8.84. The van der Waals surface area contributed by atoms with E-state index in [9.17, 15) is 0 Å². The first-order valence-corrected chi connectivity index (χ1v) is 8.84. The van der Waals surface area contributed by atoms with Gasteiger partial charge in [0.2, 0.25) is 0 Å². The Labute approximate surface area is 141 Å². The summed E-state index contributed by atoms with van der Waals surface area (Å²) in [5.74, 6) is 0. The topological polar surface area (TPSA) is 24.1 Å². The van der Waals surface area contributed by atoms with Crippen molar-refractivity contribution in [3.05, 3.63) is 71.8 Å². The van der Waals surface area contributed by atoms with Crippen LogP contribution in [0.2, 0.25) is 0 Å². The molecule has 0 unspecified atom stereocenters. The summed E-state index contributed by atoms with van der Waals surface area (Å²) in [6.45, 7) is 6.64. The summed E-state index contributed by atoms with van der Waals surface area (Å²) in [6, 6.07) is 22.2. The minimum atomic E-state index is 0.437. The summed E-state index contributed by atoms with van der Waals surface area (Å²) >= 11 is 0. The molecule has 0 heterocycles. The van der Waals surface area contributed by atoms with Crippen LogP contribution < -0.4 is 10.6 Å². The molecule has 2 aromatic rings. The summed E-state index contributed by atoms with van der Waals surface area (Å²) in [6.07, 6.45) is 3.74.